The summed E-state index contributed by atoms with van der Waals surface area (Å²) in [5.74, 6) is 1.71. The lowest BCUT2D eigenvalue weighted by Gasteiger charge is -2.33. The zero-order valence-electron chi connectivity index (χ0n) is 16.9. The fourth-order valence-electron chi connectivity index (χ4n) is 3.99. The molecule has 152 valence electrons. The first kappa shape index (κ1) is 22.4. The van der Waals surface area contributed by atoms with E-state index in [0.717, 1.165) is 38.7 Å². The Labute approximate surface area is 182 Å². The number of benzene rings is 1. The van der Waals surface area contributed by atoms with Crippen LogP contribution in [-0.2, 0) is 6.54 Å². The average Bonchev–Trinajstić information content (AvgIpc) is 3.08. The summed E-state index contributed by atoms with van der Waals surface area (Å²) in [6.07, 6.45) is 3.64. The van der Waals surface area contributed by atoms with Crippen LogP contribution >= 0.6 is 24.0 Å². The first-order valence-corrected chi connectivity index (χ1v) is 10.2. The second kappa shape index (κ2) is 11.9. The number of hydrogen-bond acceptors (Lipinski definition) is 3. The molecule has 2 heterocycles. The largest absolute Gasteiger partial charge is 0.357 e. The highest BCUT2D eigenvalue weighted by molar-refractivity contribution is 14.0. The summed E-state index contributed by atoms with van der Waals surface area (Å²) in [6, 6.07) is 11.3. The highest BCUT2D eigenvalue weighted by Crippen LogP contribution is 2.15. The molecular weight excluding hydrogens is 449 g/mol. The fraction of sp³-hybridized carbons (Fsp3) is 0.667. The van der Waals surface area contributed by atoms with Gasteiger partial charge in [-0.05, 0) is 51.3 Å². The van der Waals surface area contributed by atoms with Crippen molar-refractivity contribution in [1.82, 2.24) is 20.4 Å². The van der Waals surface area contributed by atoms with Crippen LogP contribution in [0.4, 0.5) is 0 Å². The van der Waals surface area contributed by atoms with Gasteiger partial charge < -0.3 is 15.5 Å². The topological polar surface area (TPSA) is 42.9 Å². The summed E-state index contributed by atoms with van der Waals surface area (Å²) in [7, 11) is 2.20. The van der Waals surface area contributed by atoms with Crippen molar-refractivity contribution >= 4 is 29.9 Å². The van der Waals surface area contributed by atoms with Crippen molar-refractivity contribution in [3.8, 4) is 0 Å². The molecule has 0 aromatic heterocycles. The number of piperidine rings is 1. The molecule has 1 unspecified atom stereocenters. The van der Waals surface area contributed by atoms with Gasteiger partial charge in [-0.25, -0.2) is 0 Å². The number of rotatable bonds is 6. The molecule has 0 spiro atoms. The van der Waals surface area contributed by atoms with Gasteiger partial charge in [0, 0.05) is 45.3 Å². The van der Waals surface area contributed by atoms with Gasteiger partial charge in [0.1, 0.15) is 0 Å². The van der Waals surface area contributed by atoms with E-state index in [-0.39, 0.29) is 24.0 Å². The van der Waals surface area contributed by atoms with Crippen molar-refractivity contribution in [2.75, 3.05) is 46.3 Å². The minimum Gasteiger partial charge on any atom is -0.357 e. The summed E-state index contributed by atoms with van der Waals surface area (Å²) in [6.45, 7) is 9.76. The Morgan fingerprint density at radius 1 is 1.11 bits per heavy atom. The molecule has 3 rings (SSSR count). The summed E-state index contributed by atoms with van der Waals surface area (Å²) >= 11 is 0. The number of nitrogens with one attached hydrogen (secondary N) is 2. The second-order valence-corrected chi connectivity index (χ2v) is 7.82. The minimum atomic E-state index is 0. The highest BCUT2D eigenvalue weighted by Gasteiger charge is 2.21. The normalized spacial score (nSPS) is 22.4. The number of nitrogens with zero attached hydrogens (tertiary/aromatic N) is 3. The SMILES string of the molecule is CCNC(=NCC1CCN(C)C1)NC1CCN(Cc2ccccc2)CC1.I. The zero-order chi connectivity index (χ0) is 18.2. The predicted molar refractivity (Wildman–Crippen MR) is 125 cm³/mol. The van der Waals surface area contributed by atoms with Gasteiger partial charge in [0.25, 0.3) is 0 Å². The molecule has 2 saturated heterocycles. The first-order valence-electron chi connectivity index (χ1n) is 10.2. The molecule has 2 aliphatic heterocycles. The molecule has 2 fully saturated rings. The van der Waals surface area contributed by atoms with Crippen LogP contribution in [0.2, 0.25) is 0 Å². The monoisotopic (exact) mass is 485 g/mol. The van der Waals surface area contributed by atoms with E-state index < -0.39 is 0 Å². The third kappa shape index (κ3) is 7.58. The van der Waals surface area contributed by atoms with Gasteiger partial charge in [0.15, 0.2) is 5.96 Å². The van der Waals surface area contributed by atoms with Crippen LogP contribution in [0.3, 0.4) is 0 Å². The van der Waals surface area contributed by atoms with Crippen molar-refractivity contribution < 1.29 is 0 Å². The Kier molecular flexibility index (Phi) is 9.86. The number of halogens is 1. The summed E-state index contributed by atoms with van der Waals surface area (Å²) in [5, 5.41) is 7.10. The fourth-order valence-corrected chi connectivity index (χ4v) is 3.99. The molecule has 1 aromatic carbocycles. The lowest BCUT2D eigenvalue weighted by Crippen LogP contribution is -2.48. The van der Waals surface area contributed by atoms with Crippen molar-refractivity contribution in [3.05, 3.63) is 35.9 Å². The van der Waals surface area contributed by atoms with E-state index in [9.17, 15) is 0 Å². The molecule has 0 bridgehead atoms. The van der Waals surface area contributed by atoms with Gasteiger partial charge in [-0.2, -0.15) is 0 Å². The molecule has 0 saturated carbocycles. The van der Waals surface area contributed by atoms with Crippen molar-refractivity contribution in [2.24, 2.45) is 10.9 Å². The van der Waals surface area contributed by atoms with Crippen molar-refractivity contribution in [1.29, 1.82) is 0 Å². The van der Waals surface area contributed by atoms with Crippen LogP contribution in [0.25, 0.3) is 0 Å². The Morgan fingerprint density at radius 3 is 2.48 bits per heavy atom. The van der Waals surface area contributed by atoms with E-state index in [1.54, 1.807) is 0 Å². The van der Waals surface area contributed by atoms with E-state index in [1.165, 1.54) is 37.9 Å². The van der Waals surface area contributed by atoms with E-state index in [2.05, 4.69) is 64.7 Å². The van der Waals surface area contributed by atoms with Gasteiger partial charge >= 0.3 is 0 Å². The maximum atomic E-state index is 4.86. The van der Waals surface area contributed by atoms with Crippen molar-refractivity contribution in [2.45, 2.75) is 38.8 Å². The molecule has 0 aliphatic carbocycles. The van der Waals surface area contributed by atoms with Crippen LogP contribution < -0.4 is 10.6 Å². The third-order valence-corrected chi connectivity index (χ3v) is 5.52. The Morgan fingerprint density at radius 2 is 1.85 bits per heavy atom. The van der Waals surface area contributed by atoms with Crippen LogP contribution in [0.5, 0.6) is 0 Å². The van der Waals surface area contributed by atoms with Crippen LogP contribution in [0.15, 0.2) is 35.3 Å². The molecule has 1 atom stereocenters. The summed E-state index contributed by atoms with van der Waals surface area (Å²) in [5.41, 5.74) is 1.41. The third-order valence-electron chi connectivity index (χ3n) is 5.52. The van der Waals surface area contributed by atoms with Gasteiger partial charge in [0.2, 0.25) is 0 Å². The van der Waals surface area contributed by atoms with Crippen LogP contribution in [-0.4, -0.2) is 68.1 Å². The van der Waals surface area contributed by atoms with Crippen LogP contribution in [0, 0.1) is 5.92 Å². The predicted octanol–water partition coefficient (Wildman–Crippen LogP) is 2.78. The Balaban J connectivity index is 0.00000261. The summed E-state index contributed by atoms with van der Waals surface area (Å²) in [4.78, 5) is 9.83. The van der Waals surface area contributed by atoms with Gasteiger partial charge in [0.05, 0.1) is 0 Å². The van der Waals surface area contributed by atoms with E-state index in [1.807, 2.05) is 0 Å². The van der Waals surface area contributed by atoms with Gasteiger partial charge in [-0.1, -0.05) is 30.3 Å². The minimum absolute atomic E-state index is 0. The maximum absolute atomic E-state index is 4.86. The highest BCUT2D eigenvalue weighted by atomic mass is 127. The first-order chi connectivity index (χ1) is 12.7. The smallest absolute Gasteiger partial charge is 0.191 e. The molecule has 0 radical (unpaired) electrons. The second-order valence-electron chi connectivity index (χ2n) is 7.82. The quantitative estimate of drug-likeness (QED) is 0.370. The molecule has 6 heteroatoms. The van der Waals surface area contributed by atoms with Gasteiger partial charge in [-0.3, -0.25) is 9.89 Å². The molecule has 27 heavy (non-hydrogen) atoms. The Hall–Kier alpha value is -0.860. The lowest BCUT2D eigenvalue weighted by atomic mass is 10.0. The lowest BCUT2D eigenvalue weighted by molar-refractivity contribution is 0.198. The molecule has 1 aromatic rings. The molecule has 2 aliphatic rings. The molecular formula is C21H36IN5. The van der Waals surface area contributed by atoms with E-state index in [0.29, 0.717) is 12.0 Å². The van der Waals surface area contributed by atoms with Crippen molar-refractivity contribution in [3.63, 3.8) is 0 Å². The zero-order valence-corrected chi connectivity index (χ0v) is 19.2. The summed E-state index contributed by atoms with van der Waals surface area (Å²) < 4.78 is 0. The number of guanidine groups is 1. The Bertz CT molecular complexity index is 557. The van der Waals surface area contributed by atoms with E-state index in [4.69, 9.17) is 4.99 Å². The maximum Gasteiger partial charge on any atom is 0.191 e. The molecule has 5 nitrogen and oxygen atoms in total. The average molecular weight is 485 g/mol. The molecule has 0 amide bonds. The van der Waals surface area contributed by atoms with Gasteiger partial charge in [-0.15, -0.1) is 24.0 Å². The number of likely N-dealkylation sites (tertiary alicyclic amines) is 2. The standard InChI is InChI=1S/C21H35N5.HI/c1-3-22-21(23-15-19-9-12-25(2)16-19)24-20-10-13-26(14-11-20)17-18-7-5-4-6-8-18;/h4-8,19-20H,3,9-17H2,1-2H3,(H2,22,23,24);1H. The molecule has 2 N–H and O–H groups in total. The van der Waals surface area contributed by atoms with Crippen LogP contribution in [0.1, 0.15) is 31.7 Å². The number of hydrogen-bond donors (Lipinski definition) is 2. The van der Waals surface area contributed by atoms with E-state index >= 15 is 0 Å². The number of aliphatic imine (C=N–C) groups is 1.